The van der Waals surface area contributed by atoms with Crippen molar-refractivity contribution >= 4 is 6.03 Å². The summed E-state index contributed by atoms with van der Waals surface area (Å²) in [6, 6.07) is 6.17. The van der Waals surface area contributed by atoms with Crippen LogP contribution in [0.1, 0.15) is 19.8 Å². The number of carbonyl (C=O) groups is 1. The molecule has 1 amide bonds. The molecule has 2 atom stereocenters. The lowest BCUT2D eigenvalue weighted by Gasteiger charge is -2.49. The van der Waals surface area contributed by atoms with E-state index in [4.69, 9.17) is 0 Å². The molecule has 5 rings (SSSR count). The standard InChI is InChI=1S/C17H21N5O/c1-12-16(13-5-8-21(12)9-6-13)20-17(23)22-11-14(10-19-22)15-4-2-3-7-18-15/h2-4,7,10-13,16H,5-6,8-9H2,1H3,(H,20,23)/t12-,16-/m0/s1. The molecule has 3 aliphatic heterocycles. The number of aromatic nitrogens is 3. The van der Waals surface area contributed by atoms with Crippen LogP contribution in [0.5, 0.6) is 0 Å². The first kappa shape index (κ1) is 14.4. The maximum absolute atomic E-state index is 12.5. The number of rotatable bonds is 2. The van der Waals surface area contributed by atoms with Crippen LogP contribution in [0.25, 0.3) is 11.3 Å². The molecule has 6 nitrogen and oxygen atoms in total. The van der Waals surface area contributed by atoms with Gasteiger partial charge in [0, 0.05) is 30.0 Å². The van der Waals surface area contributed by atoms with Crippen molar-refractivity contribution in [2.24, 2.45) is 5.92 Å². The summed E-state index contributed by atoms with van der Waals surface area (Å²) < 4.78 is 1.38. The van der Waals surface area contributed by atoms with Gasteiger partial charge in [-0.15, -0.1) is 0 Å². The highest BCUT2D eigenvalue weighted by Crippen LogP contribution is 2.32. The van der Waals surface area contributed by atoms with Crippen LogP contribution < -0.4 is 5.32 Å². The Morgan fingerprint density at radius 3 is 2.83 bits per heavy atom. The quantitative estimate of drug-likeness (QED) is 0.921. The summed E-state index contributed by atoms with van der Waals surface area (Å²) in [5.41, 5.74) is 1.67. The number of nitrogens with zero attached hydrogens (tertiary/aromatic N) is 4. The summed E-state index contributed by atoms with van der Waals surface area (Å²) in [5.74, 6) is 0.588. The van der Waals surface area contributed by atoms with Gasteiger partial charge in [0.05, 0.1) is 11.9 Å². The van der Waals surface area contributed by atoms with Gasteiger partial charge in [0.25, 0.3) is 0 Å². The van der Waals surface area contributed by atoms with Crippen LogP contribution in [0, 0.1) is 5.92 Å². The first-order valence-electron chi connectivity index (χ1n) is 8.23. The van der Waals surface area contributed by atoms with Crippen LogP contribution >= 0.6 is 0 Å². The van der Waals surface area contributed by atoms with Crippen molar-refractivity contribution in [3.63, 3.8) is 0 Å². The summed E-state index contributed by atoms with van der Waals surface area (Å²) in [4.78, 5) is 19.3. The predicted molar refractivity (Wildman–Crippen MR) is 86.9 cm³/mol. The highest BCUT2D eigenvalue weighted by molar-refractivity contribution is 5.77. The van der Waals surface area contributed by atoms with Crippen molar-refractivity contribution in [3.8, 4) is 11.3 Å². The molecule has 1 N–H and O–H groups in total. The SMILES string of the molecule is C[C@H]1[C@H](NC(=O)n2cc(-c3ccccn3)cn2)C2CCN1CC2. The Kier molecular flexibility index (Phi) is 3.61. The second-order valence-electron chi connectivity index (χ2n) is 6.48. The molecule has 0 spiro atoms. The zero-order valence-electron chi connectivity index (χ0n) is 13.2. The van der Waals surface area contributed by atoms with Crippen LogP contribution in [0.15, 0.2) is 36.8 Å². The molecule has 23 heavy (non-hydrogen) atoms. The summed E-state index contributed by atoms with van der Waals surface area (Å²) in [6.45, 7) is 4.52. The Labute approximate surface area is 135 Å². The maximum atomic E-state index is 12.5. The van der Waals surface area contributed by atoms with E-state index in [-0.39, 0.29) is 12.1 Å². The van der Waals surface area contributed by atoms with Gasteiger partial charge in [-0.05, 0) is 50.9 Å². The molecule has 6 heteroatoms. The topological polar surface area (TPSA) is 63.1 Å². The molecule has 3 aliphatic rings. The Bertz CT molecular complexity index is 688. The van der Waals surface area contributed by atoms with Gasteiger partial charge < -0.3 is 5.32 Å². The van der Waals surface area contributed by atoms with Crippen molar-refractivity contribution in [2.75, 3.05) is 13.1 Å². The molecule has 0 aromatic carbocycles. The van der Waals surface area contributed by atoms with Crippen LogP contribution in [0.2, 0.25) is 0 Å². The zero-order chi connectivity index (χ0) is 15.8. The Morgan fingerprint density at radius 2 is 2.13 bits per heavy atom. The summed E-state index contributed by atoms with van der Waals surface area (Å²) in [6.07, 6.45) is 7.51. The average Bonchev–Trinajstić information content (AvgIpc) is 3.09. The van der Waals surface area contributed by atoms with Gasteiger partial charge in [-0.2, -0.15) is 9.78 Å². The molecule has 2 aromatic heterocycles. The molecule has 2 aromatic rings. The van der Waals surface area contributed by atoms with Gasteiger partial charge in [0.2, 0.25) is 0 Å². The van der Waals surface area contributed by atoms with Crippen molar-refractivity contribution < 1.29 is 4.79 Å². The van der Waals surface area contributed by atoms with Gasteiger partial charge in [0.15, 0.2) is 0 Å². The van der Waals surface area contributed by atoms with E-state index in [1.807, 2.05) is 18.2 Å². The number of fused-ring (bicyclic) bond motifs is 3. The van der Waals surface area contributed by atoms with E-state index >= 15 is 0 Å². The number of nitrogens with one attached hydrogen (secondary N) is 1. The smallest absolute Gasteiger partial charge is 0.332 e. The van der Waals surface area contributed by atoms with Gasteiger partial charge in [0.1, 0.15) is 0 Å². The molecule has 3 fully saturated rings. The monoisotopic (exact) mass is 311 g/mol. The van der Waals surface area contributed by atoms with Crippen LogP contribution in [-0.4, -0.2) is 50.9 Å². The number of pyridine rings is 1. The molecule has 2 bridgehead atoms. The molecule has 0 unspecified atom stereocenters. The summed E-state index contributed by atoms with van der Waals surface area (Å²) in [7, 11) is 0. The molecular weight excluding hydrogens is 290 g/mol. The average molecular weight is 311 g/mol. The fraction of sp³-hybridized carbons (Fsp3) is 0.471. The summed E-state index contributed by atoms with van der Waals surface area (Å²) >= 11 is 0. The molecule has 0 saturated carbocycles. The van der Waals surface area contributed by atoms with Crippen molar-refractivity contribution in [1.29, 1.82) is 0 Å². The lowest BCUT2D eigenvalue weighted by molar-refractivity contribution is 0.0266. The van der Waals surface area contributed by atoms with E-state index < -0.39 is 0 Å². The highest BCUT2D eigenvalue weighted by atomic mass is 16.2. The van der Waals surface area contributed by atoms with Crippen molar-refractivity contribution in [2.45, 2.75) is 31.8 Å². The van der Waals surface area contributed by atoms with E-state index in [1.54, 1.807) is 18.6 Å². The molecule has 120 valence electrons. The predicted octanol–water partition coefficient (Wildman–Crippen LogP) is 1.99. The number of hydrogen-bond acceptors (Lipinski definition) is 4. The van der Waals surface area contributed by atoms with Crippen LogP contribution in [-0.2, 0) is 0 Å². The van der Waals surface area contributed by atoms with Crippen LogP contribution in [0.3, 0.4) is 0 Å². The highest BCUT2D eigenvalue weighted by Gasteiger charge is 2.40. The first-order valence-corrected chi connectivity index (χ1v) is 8.23. The second-order valence-corrected chi connectivity index (χ2v) is 6.48. The van der Waals surface area contributed by atoms with E-state index in [2.05, 4.69) is 27.2 Å². The molecule has 3 saturated heterocycles. The van der Waals surface area contributed by atoms with E-state index in [1.165, 1.54) is 17.5 Å². The normalized spacial score (nSPS) is 29.4. The zero-order valence-corrected chi connectivity index (χ0v) is 13.2. The minimum absolute atomic E-state index is 0.155. The second kappa shape index (κ2) is 5.77. The van der Waals surface area contributed by atoms with E-state index in [0.29, 0.717) is 12.0 Å². The van der Waals surface area contributed by atoms with Gasteiger partial charge in [-0.3, -0.25) is 9.88 Å². The Balaban J connectivity index is 1.49. The minimum Gasteiger partial charge on any atom is -0.332 e. The summed E-state index contributed by atoms with van der Waals surface area (Å²) in [5, 5.41) is 7.38. The lowest BCUT2D eigenvalue weighted by atomic mass is 9.79. The minimum atomic E-state index is -0.155. The Hall–Kier alpha value is -2.21. The largest absolute Gasteiger partial charge is 0.342 e. The van der Waals surface area contributed by atoms with E-state index in [0.717, 1.165) is 24.3 Å². The fourth-order valence-corrected chi connectivity index (χ4v) is 3.85. The first-order chi connectivity index (χ1) is 11.2. The van der Waals surface area contributed by atoms with Gasteiger partial charge in [-0.25, -0.2) is 4.79 Å². The number of hydrogen-bond donors (Lipinski definition) is 1. The molecule has 0 radical (unpaired) electrons. The van der Waals surface area contributed by atoms with Crippen molar-refractivity contribution in [1.82, 2.24) is 25.0 Å². The lowest BCUT2D eigenvalue weighted by Crippen LogP contribution is -2.62. The third-order valence-electron chi connectivity index (χ3n) is 5.22. The number of carbonyl (C=O) groups excluding carboxylic acids is 1. The number of piperidine rings is 3. The molecule has 5 heterocycles. The van der Waals surface area contributed by atoms with E-state index in [9.17, 15) is 4.79 Å². The molecule has 0 aliphatic carbocycles. The van der Waals surface area contributed by atoms with Gasteiger partial charge >= 0.3 is 6.03 Å². The molecular formula is C17H21N5O. The van der Waals surface area contributed by atoms with Gasteiger partial charge in [-0.1, -0.05) is 6.07 Å². The Morgan fingerprint density at radius 1 is 1.30 bits per heavy atom. The third kappa shape index (κ3) is 2.63. The third-order valence-corrected chi connectivity index (χ3v) is 5.22. The fourth-order valence-electron chi connectivity index (χ4n) is 3.85. The van der Waals surface area contributed by atoms with Crippen molar-refractivity contribution in [3.05, 3.63) is 36.8 Å². The number of amides is 1. The maximum Gasteiger partial charge on any atom is 0.342 e. The van der Waals surface area contributed by atoms with Crippen LogP contribution in [0.4, 0.5) is 4.79 Å².